The third-order valence-electron chi connectivity index (χ3n) is 6.15. The molecule has 4 rings (SSSR count). The predicted molar refractivity (Wildman–Crippen MR) is 117 cm³/mol. The molecule has 2 aliphatic rings. The SMILES string of the molecule is CNc1nc(C2CCN(C(=O)COc3ccc(F)cc3)CC2)nc2c1CN(C(C)=O)CC2. The van der Waals surface area contributed by atoms with Crippen LogP contribution < -0.4 is 10.1 Å². The summed E-state index contributed by atoms with van der Waals surface area (Å²) < 4.78 is 18.5. The Morgan fingerprint density at radius 1 is 1.12 bits per heavy atom. The number of hydrogen-bond donors (Lipinski definition) is 1. The van der Waals surface area contributed by atoms with Crippen molar-refractivity contribution < 1.29 is 18.7 Å². The van der Waals surface area contributed by atoms with Crippen LogP contribution in [0.5, 0.6) is 5.75 Å². The van der Waals surface area contributed by atoms with Crippen LogP contribution in [-0.2, 0) is 22.6 Å². The average Bonchev–Trinajstić information content (AvgIpc) is 2.82. The summed E-state index contributed by atoms with van der Waals surface area (Å²) in [6, 6.07) is 5.64. The predicted octanol–water partition coefficient (Wildman–Crippen LogP) is 2.35. The lowest BCUT2D eigenvalue weighted by molar-refractivity contribution is -0.134. The van der Waals surface area contributed by atoms with Gasteiger partial charge in [0.15, 0.2) is 6.61 Å². The normalized spacial score (nSPS) is 16.5. The van der Waals surface area contributed by atoms with Gasteiger partial charge in [0.1, 0.15) is 23.2 Å². The van der Waals surface area contributed by atoms with Crippen LogP contribution in [0.4, 0.5) is 10.2 Å². The van der Waals surface area contributed by atoms with Crippen molar-refractivity contribution in [2.45, 2.75) is 38.6 Å². The number of aromatic nitrogens is 2. The van der Waals surface area contributed by atoms with Gasteiger partial charge < -0.3 is 19.9 Å². The standard InChI is InChI=1S/C23H28FN5O3/c1-15(30)29-12-9-20-19(13-29)23(25-2)27-22(26-20)16-7-10-28(11-8-16)21(31)14-32-18-5-3-17(24)4-6-18/h3-6,16H,7-14H2,1-2H3,(H,25,26,27). The summed E-state index contributed by atoms with van der Waals surface area (Å²) in [5.41, 5.74) is 1.99. The van der Waals surface area contributed by atoms with Crippen molar-refractivity contribution in [2.75, 3.05) is 38.6 Å². The molecule has 1 aromatic heterocycles. The molecule has 2 aliphatic heterocycles. The minimum Gasteiger partial charge on any atom is -0.484 e. The molecule has 0 atom stereocenters. The Labute approximate surface area is 186 Å². The second kappa shape index (κ2) is 9.50. The lowest BCUT2D eigenvalue weighted by Crippen LogP contribution is -2.41. The number of nitrogens with zero attached hydrogens (tertiary/aromatic N) is 4. The molecule has 1 fully saturated rings. The Balaban J connectivity index is 1.36. The maximum Gasteiger partial charge on any atom is 0.260 e. The number of anilines is 1. The van der Waals surface area contributed by atoms with Crippen LogP contribution in [0.1, 0.15) is 42.8 Å². The average molecular weight is 442 g/mol. The van der Waals surface area contributed by atoms with E-state index in [4.69, 9.17) is 14.7 Å². The zero-order chi connectivity index (χ0) is 22.7. The van der Waals surface area contributed by atoms with Crippen molar-refractivity contribution in [3.8, 4) is 5.75 Å². The quantitative estimate of drug-likeness (QED) is 0.767. The van der Waals surface area contributed by atoms with Gasteiger partial charge in [-0.05, 0) is 37.1 Å². The van der Waals surface area contributed by atoms with Gasteiger partial charge in [-0.3, -0.25) is 9.59 Å². The molecule has 0 spiro atoms. The highest BCUT2D eigenvalue weighted by Gasteiger charge is 2.29. The van der Waals surface area contributed by atoms with E-state index in [1.54, 1.807) is 11.8 Å². The van der Waals surface area contributed by atoms with E-state index in [0.29, 0.717) is 31.9 Å². The van der Waals surface area contributed by atoms with Crippen LogP contribution in [0.2, 0.25) is 0 Å². The maximum atomic E-state index is 13.0. The zero-order valence-corrected chi connectivity index (χ0v) is 18.4. The molecule has 2 amide bonds. The summed E-state index contributed by atoms with van der Waals surface area (Å²) in [7, 11) is 1.83. The molecule has 9 heteroatoms. The molecule has 2 aromatic rings. The minimum atomic E-state index is -0.340. The molecule has 32 heavy (non-hydrogen) atoms. The molecule has 0 aliphatic carbocycles. The third kappa shape index (κ3) is 4.81. The van der Waals surface area contributed by atoms with Gasteiger partial charge in [0.25, 0.3) is 5.91 Å². The lowest BCUT2D eigenvalue weighted by atomic mass is 9.95. The summed E-state index contributed by atoms with van der Waals surface area (Å²) in [5.74, 6) is 1.87. The second-order valence-corrected chi connectivity index (χ2v) is 8.19. The molecule has 0 bridgehead atoms. The first-order valence-corrected chi connectivity index (χ1v) is 10.9. The van der Waals surface area contributed by atoms with E-state index in [2.05, 4.69) is 5.32 Å². The largest absolute Gasteiger partial charge is 0.484 e. The molecule has 1 aromatic carbocycles. The van der Waals surface area contributed by atoms with Crippen molar-refractivity contribution in [3.63, 3.8) is 0 Å². The fourth-order valence-electron chi connectivity index (χ4n) is 4.25. The molecular formula is C23H28FN5O3. The first kappa shape index (κ1) is 22.0. The monoisotopic (exact) mass is 441 g/mol. The number of halogens is 1. The Bertz CT molecular complexity index is 973. The number of carbonyl (C=O) groups excluding carboxylic acids is 2. The van der Waals surface area contributed by atoms with Gasteiger partial charge in [-0.15, -0.1) is 0 Å². The van der Waals surface area contributed by atoms with Gasteiger partial charge in [-0.25, -0.2) is 14.4 Å². The fourth-order valence-corrected chi connectivity index (χ4v) is 4.25. The number of hydrogen-bond acceptors (Lipinski definition) is 6. The van der Waals surface area contributed by atoms with Gasteiger partial charge in [0.05, 0.1) is 12.2 Å². The van der Waals surface area contributed by atoms with Crippen LogP contribution in [0.15, 0.2) is 24.3 Å². The first-order chi connectivity index (χ1) is 15.4. The van der Waals surface area contributed by atoms with E-state index >= 15 is 0 Å². The van der Waals surface area contributed by atoms with Gasteiger partial charge in [0, 0.05) is 51.5 Å². The van der Waals surface area contributed by atoms with Crippen molar-refractivity contribution in [1.29, 1.82) is 0 Å². The third-order valence-corrected chi connectivity index (χ3v) is 6.15. The Morgan fingerprint density at radius 2 is 1.84 bits per heavy atom. The number of carbonyl (C=O) groups is 2. The van der Waals surface area contributed by atoms with Gasteiger partial charge in [-0.1, -0.05) is 0 Å². The van der Waals surface area contributed by atoms with Crippen LogP contribution in [0.3, 0.4) is 0 Å². The van der Waals surface area contributed by atoms with E-state index in [1.807, 2.05) is 11.9 Å². The van der Waals surface area contributed by atoms with Crippen molar-refractivity contribution >= 4 is 17.6 Å². The summed E-state index contributed by atoms with van der Waals surface area (Å²) in [6.07, 6.45) is 2.28. The molecule has 1 saturated heterocycles. The molecule has 0 unspecified atom stereocenters. The van der Waals surface area contributed by atoms with Crippen molar-refractivity contribution in [1.82, 2.24) is 19.8 Å². The Morgan fingerprint density at radius 3 is 2.50 bits per heavy atom. The highest BCUT2D eigenvalue weighted by Crippen LogP contribution is 2.30. The van der Waals surface area contributed by atoms with Crippen LogP contribution in [-0.4, -0.2) is 64.9 Å². The number of fused-ring (bicyclic) bond motifs is 1. The highest BCUT2D eigenvalue weighted by atomic mass is 19.1. The van der Waals surface area contributed by atoms with E-state index in [0.717, 1.165) is 42.2 Å². The Kier molecular flexibility index (Phi) is 6.53. The van der Waals surface area contributed by atoms with E-state index in [-0.39, 0.29) is 30.2 Å². The second-order valence-electron chi connectivity index (χ2n) is 8.19. The number of benzene rings is 1. The lowest BCUT2D eigenvalue weighted by Gasteiger charge is -2.33. The molecule has 3 heterocycles. The topological polar surface area (TPSA) is 87.7 Å². The summed E-state index contributed by atoms with van der Waals surface area (Å²) >= 11 is 0. The van der Waals surface area contributed by atoms with Gasteiger partial charge in [-0.2, -0.15) is 0 Å². The Hall–Kier alpha value is -3.23. The number of piperidine rings is 1. The fraction of sp³-hybridized carbons (Fsp3) is 0.478. The number of nitrogens with one attached hydrogen (secondary N) is 1. The van der Waals surface area contributed by atoms with Gasteiger partial charge >= 0.3 is 0 Å². The van der Waals surface area contributed by atoms with E-state index < -0.39 is 0 Å². The number of amides is 2. The summed E-state index contributed by atoms with van der Waals surface area (Å²) in [5, 5.41) is 3.16. The van der Waals surface area contributed by atoms with Crippen molar-refractivity contribution in [3.05, 3.63) is 47.2 Å². The molecular weight excluding hydrogens is 413 g/mol. The first-order valence-electron chi connectivity index (χ1n) is 10.9. The van der Waals surface area contributed by atoms with Gasteiger partial charge in [0.2, 0.25) is 5.91 Å². The molecule has 1 N–H and O–H groups in total. The molecule has 0 radical (unpaired) electrons. The number of rotatable bonds is 5. The summed E-state index contributed by atoms with van der Waals surface area (Å²) in [6.45, 7) is 3.94. The maximum absolute atomic E-state index is 13.0. The molecule has 0 saturated carbocycles. The molecule has 8 nitrogen and oxygen atoms in total. The highest BCUT2D eigenvalue weighted by molar-refractivity contribution is 5.78. The van der Waals surface area contributed by atoms with E-state index in [9.17, 15) is 14.0 Å². The van der Waals surface area contributed by atoms with E-state index in [1.165, 1.54) is 24.3 Å². The minimum absolute atomic E-state index is 0.0576. The van der Waals surface area contributed by atoms with Crippen LogP contribution in [0.25, 0.3) is 0 Å². The van der Waals surface area contributed by atoms with Crippen molar-refractivity contribution in [2.24, 2.45) is 0 Å². The zero-order valence-electron chi connectivity index (χ0n) is 18.4. The summed E-state index contributed by atoms with van der Waals surface area (Å²) in [4.78, 5) is 37.5. The molecule has 170 valence electrons. The number of likely N-dealkylation sites (tertiary alicyclic amines) is 1. The van der Waals surface area contributed by atoms with Crippen LogP contribution in [0, 0.1) is 5.82 Å². The van der Waals surface area contributed by atoms with Crippen LogP contribution >= 0.6 is 0 Å². The smallest absolute Gasteiger partial charge is 0.260 e. The number of ether oxygens (including phenoxy) is 1.